The van der Waals surface area contributed by atoms with Crippen molar-refractivity contribution in [2.75, 3.05) is 0 Å². The van der Waals surface area contributed by atoms with Gasteiger partial charge >= 0.3 is 0 Å². The summed E-state index contributed by atoms with van der Waals surface area (Å²) in [7, 11) is 0. The molecule has 4 bridgehead atoms. The maximum absolute atomic E-state index is 11.5. The van der Waals surface area contributed by atoms with Crippen molar-refractivity contribution in [1.82, 2.24) is 0 Å². The maximum atomic E-state index is 11.5. The number of hydrogen-bond donors (Lipinski definition) is 0. The highest BCUT2D eigenvalue weighted by Gasteiger charge is 2.51. The van der Waals surface area contributed by atoms with Crippen LogP contribution >= 0.6 is 0 Å². The van der Waals surface area contributed by atoms with E-state index in [0.717, 1.165) is 29.0 Å². The highest BCUT2D eigenvalue weighted by molar-refractivity contribution is 6.30. The van der Waals surface area contributed by atoms with E-state index < -0.39 is 0 Å². The first-order chi connectivity index (χ1) is 10.7. The van der Waals surface area contributed by atoms with E-state index in [9.17, 15) is 4.79 Å². The van der Waals surface area contributed by atoms with Gasteiger partial charge in [-0.15, -0.1) is 0 Å². The van der Waals surface area contributed by atoms with Crippen molar-refractivity contribution in [2.24, 2.45) is 22.7 Å². The van der Waals surface area contributed by atoms with E-state index in [1.54, 1.807) is 0 Å². The highest BCUT2D eigenvalue weighted by atomic mass is 16.1. The molecular weight excluding hydrogens is 270 g/mol. The van der Waals surface area contributed by atoms with Crippen LogP contribution in [0.15, 0.2) is 35.3 Å². The van der Waals surface area contributed by atoms with Gasteiger partial charge in [-0.25, -0.2) is 4.79 Å². The summed E-state index contributed by atoms with van der Waals surface area (Å²) in [4.78, 5) is 16.6. The maximum Gasteiger partial charge on any atom is 0.134 e. The van der Waals surface area contributed by atoms with Crippen molar-refractivity contribution in [3.8, 4) is 0 Å². The molecule has 5 rings (SSSR count). The topological polar surface area (TPSA) is 29.4 Å². The van der Waals surface area contributed by atoms with Gasteiger partial charge in [-0.3, -0.25) is 4.99 Å². The van der Waals surface area contributed by atoms with E-state index in [4.69, 9.17) is 4.99 Å². The molecule has 4 aliphatic carbocycles. The fourth-order valence-electron chi connectivity index (χ4n) is 5.56. The van der Waals surface area contributed by atoms with Crippen LogP contribution in [0.5, 0.6) is 0 Å². The molecule has 0 unspecified atom stereocenters. The Balaban J connectivity index is 1.66. The summed E-state index contributed by atoms with van der Waals surface area (Å²) in [6, 6.07) is 9.84. The van der Waals surface area contributed by atoms with Gasteiger partial charge in [-0.1, -0.05) is 30.3 Å². The molecule has 2 nitrogen and oxygen atoms in total. The number of carbonyl (C=O) groups excluding carboxylic acids is 1. The monoisotopic (exact) mass is 293 g/mol. The normalized spacial score (nSPS) is 36.2. The number of nitrogens with zero attached hydrogens (tertiary/aromatic N) is 1. The van der Waals surface area contributed by atoms with Crippen molar-refractivity contribution < 1.29 is 4.79 Å². The predicted octanol–water partition coefficient (Wildman–Crippen LogP) is 4.33. The molecule has 1 aromatic carbocycles. The summed E-state index contributed by atoms with van der Waals surface area (Å²) in [5, 5.41) is 0. The predicted molar refractivity (Wildman–Crippen MR) is 89.6 cm³/mol. The molecular formula is C20H23NO. The lowest BCUT2D eigenvalue weighted by molar-refractivity contribution is 0.00174. The molecule has 0 N–H and O–H groups in total. The molecule has 1 aromatic rings. The average molecular weight is 293 g/mol. The van der Waals surface area contributed by atoms with E-state index in [0.29, 0.717) is 5.57 Å². The van der Waals surface area contributed by atoms with Crippen LogP contribution in [0.25, 0.3) is 5.57 Å². The van der Waals surface area contributed by atoms with Gasteiger partial charge in [0.2, 0.25) is 0 Å². The van der Waals surface area contributed by atoms with Gasteiger partial charge in [0.15, 0.2) is 0 Å². The van der Waals surface area contributed by atoms with Crippen LogP contribution in [0.2, 0.25) is 0 Å². The van der Waals surface area contributed by atoms with E-state index in [-0.39, 0.29) is 5.54 Å². The lowest BCUT2D eigenvalue weighted by Crippen LogP contribution is -2.49. The molecule has 0 atom stereocenters. The van der Waals surface area contributed by atoms with Crippen molar-refractivity contribution in [1.29, 1.82) is 0 Å². The Hall–Kier alpha value is -1.66. The molecule has 0 saturated heterocycles. The molecule has 0 aliphatic heterocycles. The first kappa shape index (κ1) is 14.0. The standard InChI is InChI=1S/C20H23NO/c1-14(19(13-22)18-5-3-2-4-6-18)21-20-10-15-7-16(11-20)9-17(8-15)12-20/h2-6,15-17H,7-12H2,1H3. The fourth-order valence-corrected chi connectivity index (χ4v) is 5.56. The summed E-state index contributed by atoms with van der Waals surface area (Å²) in [6.45, 7) is 1.99. The van der Waals surface area contributed by atoms with Crippen molar-refractivity contribution >= 4 is 17.2 Å². The van der Waals surface area contributed by atoms with E-state index in [1.807, 2.05) is 37.3 Å². The number of benzene rings is 1. The lowest BCUT2D eigenvalue weighted by atomic mass is 9.53. The zero-order valence-corrected chi connectivity index (χ0v) is 13.2. The Labute approximate surface area is 132 Å². The Morgan fingerprint density at radius 1 is 1.05 bits per heavy atom. The molecule has 0 radical (unpaired) electrons. The number of hydrogen-bond acceptors (Lipinski definition) is 2. The summed E-state index contributed by atoms with van der Waals surface area (Å²) >= 11 is 0. The van der Waals surface area contributed by atoms with E-state index in [1.165, 1.54) is 38.5 Å². The van der Waals surface area contributed by atoms with Crippen LogP contribution in [0.1, 0.15) is 51.0 Å². The van der Waals surface area contributed by atoms with Gasteiger partial charge in [0.1, 0.15) is 5.94 Å². The van der Waals surface area contributed by atoms with Crippen molar-refractivity contribution in [2.45, 2.75) is 51.0 Å². The molecule has 2 heteroatoms. The zero-order chi connectivity index (χ0) is 15.2. The van der Waals surface area contributed by atoms with Crippen LogP contribution in [0.3, 0.4) is 0 Å². The summed E-state index contributed by atoms with van der Waals surface area (Å²) < 4.78 is 0. The molecule has 0 amide bonds. The molecule has 4 fully saturated rings. The molecule has 4 saturated carbocycles. The Morgan fingerprint density at radius 3 is 2.09 bits per heavy atom. The minimum atomic E-state index is 0.121. The van der Waals surface area contributed by atoms with Gasteiger partial charge in [-0.05, 0) is 68.8 Å². The Kier molecular flexibility index (Phi) is 3.31. The number of rotatable bonds is 3. The second-order valence-corrected chi connectivity index (χ2v) is 7.68. The quantitative estimate of drug-likeness (QED) is 0.602. The summed E-state index contributed by atoms with van der Waals surface area (Å²) in [5.41, 5.74) is 2.57. The minimum Gasteiger partial charge on any atom is -0.282 e. The smallest absolute Gasteiger partial charge is 0.134 e. The third-order valence-electron chi connectivity index (χ3n) is 5.94. The average Bonchev–Trinajstić information content (AvgIpc) is 2.47. The number of aliphatic imine (C=N–C) groups is 1. The van der Waals surface area contributed by atoms with Gasteiger partial charge in [0.05, 0.1) is 16.8 Å². The molecule has 0 spiro atoms. The minimum absolute atomic E-state index is 0.121. The molecule has 114 valence electrons. The molecule has 0 heterocycles. The number of allylic oxidation sites excluding steroid dienone is 1. The Bertz CT molecular complexity index is 616. The van der Waals surface area contributed by atoms with Crippen LogP contribution in [0, 0.1) is 17.8 Å². The largest absolute Gasteiger partial charge is 0.282 e. The van der Waals surface area contributed by atoms with E-state index in [2.05, 4.69) is 5.94 Å². The van der Waals surface area contributed by atoms with Crippen LogP contribution in [0.4, 0.5) is 0 Å². The second-order valence-electron chi connectivity index (χ2n) is 7.68. The lowest BCUT2D eigenvalue weighted by Gasteiger charge is -2.55. The van der Waals surface area contributed by atoms with Gasteiger partial charge in [0.25, 0.3) is 0 Å². The first-order valence-corrected chi connectivity index (χ1v) is 8.55. The van der Waals surface area contributed by atoms with Gasteiger partial charge < -0.3 is 0 Å². The fraction of sp³-hybridized carbons (Fsp3) is 0.550. The molecule has 4 aliphatic rings. The third-order valence-corrected chi connectivity index (χ3v) is 5.94. The second kappa shape index (κ2) is 5.21. The highest BCUT2D eigenvalue weighted by Crippen LogP contribution is 2.57. The first-order valence-electron chi connectivity index (χ1n) is 8.55. The van der Waals surface area contributed by atoms with E-state index >= 15 is 0 Å². The SMILES string of the molecule is CC(=NC12CC3CC(CC(C3)C1)C2)C(=C=O)c1ccccc1. The van der Waals surface area contributed by atoms with Gasteiger partial charge in [-0.2, -0.15) is 0 Å². The molecule has 0 aromatic heterocycles. The summed E-state index contributed by atoms with van der Waals surface area (Å²) in [6.07, 6.45) is 7.96. The third kappa shape index (κ3) is 2.36. The van der Waals surface area contributed by atoms with Gasteiger partial charge in [0, 0.05) is 0 Å². The Morgan fingerprint density at radius 2 is 1.59 bits per heavy atom. The van der Waals surface area contributed by atoms with Crippen molar-refractivity contribution in [3.63, 3.8) is 0 Å². The molecule has 22 heavy (non-hydrogen) atoms. The summed E-state index contributed by atoms with van der Waals surface area (Å²) in [5.74, 6) is 4.77. The van der Waals surface area contributed by atoms with Crippen molar-refractivity contribution in [3.05, 3.63) is 35.9 Å². The zero-order valence-electron chi connectivity index (χ0n) is 13.2. The van der Waals surface area contributed by atoms with Crippen LogP contribution in [-0.2, 0) is 4.79 Å². The van der Waals surface area contributed by atoms with Crippen LogP contribution < -0.4 is 0 Å². The van der Waals surface area contributed by atoms with Crippen LogP contribution in [-0.4, -0.2) is 17.2 Å².